The summed E-state index contributed by atoms with van der Waals surface area (Å²) in [6.07, 6.45) is 0.982. The second kappa shape index (κ2) is 9.79. The van der Waals surface area contributed by atoms with E-state index < -0.39 is 17.9 Å². The fraction of sp³-hybridized carbons (Fsp3) is 0.444. The van der Waals surface area contributed by atoms with Gasteiger partial charge in [0.05, 0.1) is 30.9 Å². The van der Waals surface area contributed by atoms with Crippen LogP contribution in [0.25, 0.3) is 0 Å². The van der Waals surface area contributed by atoms with Gasteiger partial charge in [0.15, 0.2) is 6.29 Å². The van der Waals surface area contributed by atoms with Gasteiger partial charge in [0, 0.05) is 25.7 Å². The van der Waals surface area contributed by atoms with Crippen molar-refractivity contribution in [2.75, 3.05) is 38.7 Å². The number of imide groups is 1. The number of ether oxygens (including phenoxy) is 1. The molecule has 2 rings (SSSR count). The molecule has 0 saturated carbocycles. The number of aldehydes is 1. The van der Waals surface area contributed by atoms with Gasteiger partial charge in [-0.25, -0.2) is 0 Å². The Morgan fingerprint density at radius 2 is 2.19 bits per heavy atom. The summed E-state index contributed by atoms with van der Waals surface area (Å²) in [5.41, 5.74) is 0.822. The summed E-state index contributed by atoms with van der Waals surface area (Å²) in [7, 11) is 1.47. The van der Waals surface area contributed by atoms with Gasteiger partial charge in [-0.15, -0.1) is 0 Å². The predicted molar refractivity (Wildman–Crippen MR) is 96.5 cm³/mol. The Balaban J connectivity index is 2.13. The Kier molecular flexibility index (Phi) is 7.44. The van der Waals surface area contributed by atoms with Crippen LogP contribution < -0.4 is 10.6 Å². The highest BCUT2D eigenvalue weighted by molar-refractivity contribution is 6.07. The summed E-state index contributed by atoms with van der Waals surface area (Å²) in [5.74, 6) is -1.36. The van der Waals surface area contributed by atoms with Crippen LogP contribution in [0.2, 0.25) is 0 Å². The third-order valence-electron chi connectivity index (χ3n) is 4.25. The van der Waals surface area contributed by atoms with Crippen molar-refractivity contribution < 1.29 is 29.0 Å². The van der Waals surface area contributed by atoms with Crippen LogP contribution in [0.5, 0.6) is 0 Å². The molecule has 0 aliphatic carbocycles. The van der Waals surface area contributed by atoms with Gasteiger partial charge >= 0.3 is 0 Å². The minimum atomic E-state index is -0.766. The van der Waals surface area contributed by atoms with E-state index in [-0.39, 0.29) is 43.1 Å². The number of carbonyl (C=O) groups excluding carboxylic acids is 4. The molecule has 146 valence electrons. The van der Waals surface area contributed by atoms with E-state index in [0.29, 0.717) is 25.1 Å². The molecule has 1 heterocycles. The van der Waals surface area contributed by atoms with Crippen molar-refractivity contribution >= 4 is 29.7 Å². The fourth-order valence-electron chi connectivity index (χ4n) is 2.84. The summed E-state index contributed by atoms with van der Waals surface area (Å²) in [5, 5.41) is 13.9. The van der Waals surface area contributed by atoms with Crippen LogP contribution in [0.1, 0.15) is 33.6 Å². The number of anilines is 1. The zero-order valence-electron chi connectivity index (χ0n) is 15.1. The van der Waals surface area contributed by atoms with Crippen molar-refractivity contribution in [2.24, 2.45) is 0 Å². The zero-order valence-corrected chi connectivity index (χ0v) is 15.1. The Morgan fingerprint density at radius 3 is 2.85 bits per heavy atom. The quantitative estimate of drug-likeness (QED) is 0.309. The van der Waals surface area contributed by atoms with Crippen molar-refractivity contribution in [3.8, 4) is 0 Å². The van der Waals surface area contributed by atoms with E-state index in [0.717, 1.165) is 0 Å². The Hall–Kier alpha value is -2.78. The molecule has 0 radical (unpaired) electrons. The molecule has 1 aliphatic heterocycles. The summed E-state index contributed by atoms with van der Waals surface area (Å²) in [4.78, 5) is 49.0. The molecule has 0 aromatic heterocycles. The lowest BCUT2D eigenvalue weighted by atomic mass is 10.0. The number of benzene rings is 1. The lowest BCUT2D eigenvalue weighted by molar-refractivity contribution is -0.136. The highest BCUT2D eigenvalue weighted by atomic mass is 16.5. The van der Waals surface area contributed by atoms with E-state index in [2.05, 4.69) is 10.6 Å². The molecule has 0 bridgehead atoms. The number of aliphatic hydroxyl groups excluding tert-OH is 1. The Bertz CT molecular complexity index is 721. The first-order valence-electron chi connectivity index (χ1n) is 8.61. The van der Waals surface area contributed by atoms with Crippen LogP contribution in [0.15, 0.2) is 18.2 Å². The normalized spacial score (nSPS) is 16.6. The third kappa shape index (κ3) is 5.11. The summed E-state index contributed by atoms with van der Waals surface area (Å²) in [6.45, 7) is 0.864. The number of piperidine rings is 1. The number of hydrogen-bond acceptors (Lipinski definition) is 7. The van der Waals surface area contributed by atoms with Crippen molar-refractivity contribution in [2.45, 2.75) is 18.9 Å². The van der Waals surface area contributed by atoms with Crippen LogP contribution in [-0.4, -0.2) is 73.5 Å². The molecule has 9 heteroatoms. The molecule has 1 unspecified atom stereocenters. The largest absolute Gasteiger partial charge is 0.394 e. The fourth-order valence-corrected chi connectivity index (χ4v) is 2.84. The average molecular weight is 377 g/mol. The van der Waals surface area contributed by atoms with Crippen LogP contribution >= 0.6 is 0 Å². The van der Waals surface area contributed by atoms with Crippen molar-refractivity contribution in [3.63, 3.8) is 0 Å². The van der Waals surface area contributed by atoms with Crippen molar-refractivity contribution in [3.05, 3.63) is 29.3 Å². The van der Waals surface area contributed by atoms with E-state index in [4.69, 9.17) is 9.84 Å². The highest BCUT2D eigenvalue weighted by Gasteiger charge is 2.33. The monoisotopic (exact) mass is 377 g/mol. The van der Waals surface area contributed by atoms with Gasteiger partial charge in [0.2, 0.25) is 11.8 Å². The van der Waals surface area contributed by atoms with Crippen LogP contribution in [0, 0.1) is 0 Å². The maximum Gasteiger partial charge on any atom is 0.255 e. The number of nitrogens with one attached hydrogen (secondary N) is 2. The summed E-state index contributed by atoms with van der Waals surface area (Å²) in [6, 6.07) is 4.05. The van der Waals surface area contributed by atoms with Gasteiger partial charge in [0.1, 0.15) is 6.04 Å². The number of carbonyl (C=O) groups is 4. The lowest BCUT2D eigenvalue weighted by Crippen LogP contribution is -2.53. The number of likely N-dealkylation sites (N-methyl/N-ethyl adjacent to an activating group) is 1. The van der Waals surface area contributed by atoms with Gasteiger partial charge in [-0.05, 0) is 18.6 Å². The maximum atomic E-state index is 12.8. The minimum absolute atomic E-state index is 0.0732. The van der Waals surface area contributed by atoms with Gasteiger partial charge < -0.3 is 20.1 Å². The van der Waals surface area contributed by atoms with Crippen LogP contribution in [-0.2, 0) is 14.3 Å². The number of nitrogens with zero attached hydrogens (tertiary/aromatic N) is 1. The molecule has 9 nitrogen and oxygen atoms in total. The molecule has 0 spiro atoms. The Morgan fingerprint density at radius 1 is 1.41 bits per heavy atom. The molecule has 1 fully saturated rings. The number of aliphatic hydroxyl groups is 1. The van der Waals surface area contributed by atoms with E-state index in [1.165, 1.54) is 18.0 Å². The van der Waals surface area contributed by atoms with Gasteiger partial charge in [-0.1, -0.05) is 6.07 Å². The second-order valence-electron chi connectivity index (χ2n) is 6.03. The third-order valence-corrected chi connectivity index (χ3v) is 4.25. The zero-order chi connectivity index (χ0) is 19.8. The molecule has 1 saturated heterocycles. The molecular weight excluding hydrogens is 354 g/mol. The summed E-state index contributed by atoms with van der Waals surface area (Å²) < 4.78 is 5.15. The lowest BCUT2D eigenvalue weighted by Gasteiger charge is -2.30. The van der Waals surface area contributed by atoms with Gasteiger partial charge in [-0.2, -0.15) is 0 Å². The first-order chi connectivity index (χ1) is 13.0. The number of amides is 3. The first-order valence-corrected chi connectivity index (χ1v) is 8.61. The first kappa shape index (κ1) is 20.5. The van der Waals surface area contributed by atoms with Crippen molar-refractivity contribution in [1.29, 1.82) is 0 Å². The molecule has 3 amide bonds. The maximum absolute atomic E-state index is 12.8. The van der Waals surface area contributed by atoms with E-state index >= 15 is 0 Å². The molecule has 3 N–H and O–H groups in total. The molecule has 1 atom stereocenters. The molecule has 1 aromatic carbocycles. The average Bonchev–Trinajstić information content (AvgIpc) is 2.66. The number of hydrogen-bond donors (Lipinski definition) is 3. The van der Waals surface area contributed by atoms with Gasteiger partial charge in [0.25, 0.3) is 5.91 Å². The number of rotatable bonds is 9. The van der Waals surface area contributed by atoms with E-state index in [9.17, 15) is 19.2 Å². The minimum Gasteiger partial charge on any atom is -0.394 e. The summed E-state index contributed by atoms with van der Waals surface area (Å²) >= 11 is 0. The highest BCUT2D eigenvalue weighted by Crippen LogP contribution is 2.21. The topological polar surface area (TPSA) is 125 Å². The van der Waals surface area contributed by atoms with Crippen molar-refractivity contribution in [1.82, 2.24) is 10.2 Å². The molecular formula is C18H23N3O6. The standard InChI is InChI=1S/C18H23N3O6/c1-21(15-5-6-16(24)20-17(15)25)18(26)12-3-2-4-14(13(12)11-23)19-7-9-27-10-8-22/h2-4,11,15,19,22H,5-10H2,1H3,(H,20,24,25). The van der Waals surface area contributed by atoms with Crippen LogP contribution in [0.3, 0.4) is 0 Å². The molecule has 27 heavy (non-hydrogen) atoms. The van der Waals surface area contributed by atoms with Gasteiger partial charge in [-0.3, -0.25) is 24.5 Å². The Labute approximate surface area is 156 Å². The molecule has 1 aromatic rings. The molecule has 1 aliphatic rings. The smallest absolute Gasteiger partial charge is 0.255 e. The van der Waals surface area contributed by atoms with E-state index in [1.807, 2.05) is 0 Å². The van der Waals surface area contributed by atoms with E-state index in [1.54, 1.807) is 12.1 Å². The SMILES string of the molecule is CN(C(=O)c1cccc(NCCOCCO)c1C=O)C1CCC(=O)NC1=O. The second-order valence-corrected chi connectivity index (χ2v) is 6.03. The van der Waals surface area contributed by atoms with Crippen LogP contribution in [0.4, 0.5) is 5.69 Å². The predicted octanol–water partition coefficient (Wildman–Crippen LogP) is -0.203.